The van der Waals surface area contributed by atoms with Gasteiger partial charge in [-0.3, -0.25) is 14.5 Å². The topological polar surface area (TPSA) is 89.7 Å². The largest absolute Gasteiger partial charge is 0.462 e. The van der Waals surface area contributed by atoms with Gasteiger partial charge < -0.3 is 9.15 Å². The number of ether oxygens (including phenoxy) is 1. The van der Waals surface area contributed by atoms with E-state index in [1.165, 1.54) is 4.90 Å². The Hall–Kier alpha value is -3.30. The summed E-state index contributed by atoms with van der Waals surface area (Å²) < 4.78 is 11.9. The summed E-state index contributed by atoms with van der Waals surface area (Å²) in [4.78, 5) is 45.7. The summed E-state index contributed by atoms with van der Waals surface area (Å²) in [5, 5.41) is 0.693. The number of hydrogen-bond acceptors (Lipinski definition) is 7. The number of halogens is 1. The molecule has 1 aliphatic rings. The third kappa shape index (κ3) is 3.48. The second kappa shape index (κ2) is 8.24. The molecule has 7 nitrogen and oxygen atoms in total. The molecule has 0 N–H and O–H groups in total. The fraction of sp³-hybridized carbons (Fsp3) is 0.167. The molecule has 0 aliphatic carbocycles. The number of esters is 1. The Kier molecular flexibility index (Phi) is 5.38. The molecule has 1 aliphatic heterocycles. The van der Waals surface area contributed by atoms with Crippen molar-refractivity contribution in [2.24, 2.45) is 0 Å². The van der Waals surface area contributed by atoms with E-state index in [9.17, 15) is 14.4 Å². The number of benzene rings is 2. The lowest BCUT2D eigenvalue weighted by molar-refractivity contribution is 0.0531. The summed E-state index contributed by atoms with van der Waals surface area (Å²) in [6, 6.07) is 13.5. The van der Waals surface area contributed by atoms with Crippen molar-refractivity contribution in [3.63, 3.8) is 0 Å². The average molecular weight is 525 g/mol. The molecule has 1 atom stereocenters. The van der Waals surface area contributed by atoms with Crippen LogP contribution in [0, 0.1) is 6.92 Å². The number of fused-ring (bicyclic) bond motifs is 2. The zero-order chi connectivity index (χ0) is 23.3. The van der Waals surface area contributed by atoms with Crippen LogP contribution in [0.15, 0.2) is 62.2 Å². The molecule has 1 amide bonds. The van der Waals surface area contributed by atoms with E-state index in [-0.39, 0.29) is 23.4 Å². The van der Waals surface area contributed by atoms with E-state index in [0.717, 1.165) is 21.4 Å². The van der Waals surface area contributed by atoms with Gasteiger partial charge in [0.1, 0.15) is 10.5 Å². The predicted octanol–water partition coefficient (Wildman–Crippen LogP) is 5.25. The maximum absolute atomic E-state index is 13.6. The minimum atomic E-state index is -0.748. The second-order valence-corrected chi connectivity index (χ2v) is 9.32. The van der Waals surface area contributed by atoms with Gasteiger partial charge in [0.05, 0.1) is 29.3 Å². The van der Waals surface area contributed by atoms with Crippen LogP contribution in [-0.4, -0.2) is 23.5 Å². The number of carbonyl (C=O) groups excluding carboxylic acids is 2. The van der Waals surface area contributed by atoms with Crippen molar-refractivity contribution in [2.45, 2.75) is 19.9 Å². The first kappa shape index (κ1) is 21.5. The Morgan fingerprint density at radius 3 is 2.64 bits per heavy atom. The van der Waals surface area contributed by atoms with Gasteiger partial charge in [-0.25, -0.2) is 9.78 Å². The van der Waals surface area contributed by atoms with Crippen LogP contribution < -0.4 is 10.3 Å². The van der Waals surface area contributed by atoms with Crippen LogP contribution in [0.5, 0.6) is 0 Å². The van der Waals surface area contributed by atoms with Crippen LogP contribution >= 0.6 is 27.3 Å². The van der Waals surface area contributed by atoms with Crippen molar-refractivity contribution in [1.29, 1.82) is 0 Å². The summed E-state index contributed by atoms with van der Waals surface area (Å²) in [5.41, 5.74) is 1.50. The highest BCUT2D eigenvalue weighted by molar-refractivity contribution is 9.10. The van der Waals surface area contributed by atoms with Crippen molar-refractivity contribution in [3.8, 4) is 0 Å². The molecule has 0 bridgehead atoms. The molecule has 0 unspecified atom stereocenters. The number of aryl methyl sites for hydroxylation is 1. The molecule has 2 aromatic heterocycles. The van der Waals surface area contributed by atoms with Gasteiger partial charge in [0.15, 0.2) is 10.6 Å². The summed E-state index contributed by atoms with van der Waals surface area (Å²) >= 11 is 4.48. The van der Waals surface area contributed by atoms with Crippen LogP contribution in [0.4, 0.5) is 5.13 Å². The normalized spacial score (nSPS) is 15.2. The maximum atomic E-state index is 13.6. The SMILES string of the molecule is CCOC(=O)c1sc(N2C(=O)c3oc4ccccc4c(=O)c3[C@H]2c2ccc(Br)cc2)nc1C. The minimum absolute atomic E-state index is 0.0165. The van der Waals surface area contributed by atoms with E-state index in [1.54, 1.807) is 38.1 Å². The summed E-state index contributed by atoms with van der Waals surface area (Å²) in [5.74, 6) is -0.995. The number of rotatable bonds is 4. The first-order chi connectivity index (χ1) is 15.9. The van der Waals surface area contributed by atoms with Crippen LogP contribution in [0.2, 0.25) is 0 Å². The van der Waals surface area contributed by atoms with Crippen LogP contribution in [0.1, 0.15) is 50.0 Å². The first-order valence-electron chi connectivity index (χ1n) is 10.2. The lowest BCUT2D eigenvalue weighted by Crippen LogP contribution is -2.29. The van der Waals surface area contributed by atoms with E-state index in [2.05, 4.69) is 20.9 Å². The van der Waals surface area contributed by atoms with E-state index >= 15 is 0 Å². The van der Waals surface area contributed by atoms with Crippen molar-refractivity contribution in [2.75, 3.05) is 11.5 Å². The highest BCUT2D eigenvalue weighted by Crippen LogP contribution is 2.43. The Balaban J connectivity index is 1.74. The number of carbonyl (C=O) groups is 2. The number of thiazole rings is 1. The van der Waals surface area contributed by atoms with Crippen LogP contribution in [0.25, 0.3) is 11.0 Å². The lowest BCUT2D eigenvalue weighted by atomic mass is 9.99. The van der Waals surface area contributed by atoms with Crippen molar-refractivity contribution >= 4 is 55.2 Å². The van der Waals surface area contributed by atoms with Gasteiger partial charge in [-0.2, -0.15) is 0 Å². The fourth-order valence-corrected chi connectivity index (χ4v) is 5.20. The van der Waals surface area contributed by atoms with Gasteiger partial charge >= 0.3 is 5.97 Å². The summed E-state index contributed by atoms with van der Waals surface area (Å²) in [6.07, 6.45) is 0. The third-order valence-corrected chi connectivity index (χ3v) is 7.08. The molecule has 2 aromatic carbocycles. The quantitative estimate of drug-likeness (QED) is 0.339. The third-order valence-electron chi connectivity index (χ3n) is 5.42. The molecular weight excluding hydrogens is 508 g/mol. The molecule has 0 saturated heterocycles. The Morgan fingerprint density at radius 2 is 1.91 bits per heavy atom. The molecule has 0 spiro atoms. The smallest absolute Gasteiger partial charge is 0.350 e. The highest BCUT2D eigenvalue weighted by Gasteiger charge is 2.45. The van der Waals surface area contributed by atoms with Gasteiger partial charge in [-0.15, -0.1) is 0 Å². The van der Waals surface area contributed by atoms with Gasteiger partial charge in [-0.05, 0) is 43.7 Å². The Bertz CT molecular complexity index is 1470. The van der Waals surface area contributed by atoms with Crippen LogP contribution in [0.3, 0.4) is 0 Å². The van der Waals surface area contributed by atoms with Crippen molar-refractivity contribution in [1.82, 2.24) is 4.98 Å². The number of para-hydroxylation sites is 1. The monoisotopic (exact) mass is 524 g/mol. The van der Waals surface area contributed by atoms with Gasteiger partial charge in [0.2, 0.25) is 5.76 Å². The highest BCUT2D eigenvalue weighted by atomic mass is 79.9. The molecule has 0 saturated carbocycles. The number of anilines is 1. The Labute approximate surface area is 200 Å². The zero-order valence-corrected chi connectivity index (χ0v) is 20.0. The standard InChI is InChI=1S/C24H17BrN2O5S/c1-3-31-23(30)21-12(2)26-24(33-21)27-18(13-8-10-14(25)11-9-13)17-19(28)15-6-4-5-7-16(15)32-20(17)22(27)29/h4-11,18H,3H2,1-2H3/t18-/m1/s1. The number of aromatic nitrogens is 1. The van der Waals surface area contributed by atoms with E-state index < -0.39 is 17.9 Å². The average Bonchev–Trinajstić information content (AvgIpc) is 3.32. The predicted molar refractivity (Wildman–Crippen MR) is 128 cm³/mol. The van der Waals surface area contributed by atoms with Gasteiger partial charge in [-0.1, -0.05) is 51.5 Å². The molecule has 166 valence electrons. The second-order valence-electron chi connectivity index (χ2n) is 7.43. The summed E-state index contributed by atoms with van der Waals surface area (Å²) in [7, 11) is 0. The van der Waals surface area contributed by atoms with Crippen molar-refractivity contribution in [3.05, 3.63) is 90.7 Å². The van der Waals surface area contributed by atoms with Gasteiger partial charge in [0.25, 0.3) is 5.91 Å². The molecule has 4 aromatic rings. The minimum Gasteiger partial charge on any atom is -0.462 e. The maximum Gasteiger partial charge on any atom is 0.350 e. The zero-order valence-electron chi connectivity index (χ0n) is 17.6. The van der Waals surface area contributed by atoms with E-state index in [1.807, 2.05) is 24.3 Å². The number of amides is 1. The van der Waals surface area contributed by atoms with E-state index in [0.29, 0.717) is 26.7 Å². The van der Waals surface area contributed by atoms with Crippen molar-refractivity contribution < 1.29 is 18.7 Å². The molecule has 3 heterocycles. The molecule has 9 heteroatoms. The lowest BCUT2D eigenvalue weighted by Gasteiger charge is -2.22. The molecule has 0 radical (unpaired) electrons. The van der Waals surface area contributed by atoms with Gasteiger partial charge in [0, 0.05) is 4.47 Å². The first-order valence-corrected chi connectivity index (χ1v) is 11.8. The molecule has 0 fully saturated rings. The molecule has 33 heavy (non-hydrogen) atoms. The van der Waals surface area contributed by atoms with E-state index in [4.69, 9.17) is 9.15 Å². The molecular formula is C24H17BrN2O5S. The summed E-state index contributed by atoms with van der Waals surface area (Å²) in [6.45, 7) is 3.64. The molecule has 5 rings (SSSR count). The number of nitrogens with zero attached hydrogens (tertiary/aromatic N) is 2. The fourth-order valence-electron chi connectivity index (χ4n) is 3.95. The van der Waals surface area contributed by atoms with Crippen LogP contribution in [-0.2, 0) is 4.74 Å². The Morgan fingerprint density at radius 1 is 1.18 bits per heavy atom. The number of hydrogen-bond donors (Lipinski definition) is 0.